The molecule has 5 heteroatoms. The van der Waals surface area contributed by atoms with E-state index in [1.165, 1.54) is 6.08 Å². The molecule has 0 bridgehead atoms. The molecule has 1 aliphatic heterocycles. The summed E-state index contributed by atoms with van der Waals surface area (Å²) in [7, 11) is 0. The first-order valence-electron chi connectivity index (χ1n) is 7.31. The molecule has 0 saturated carbocycles. The molecular weight excluding hydrogens is 291 g/mol. The normalized spacial score (nSPS) is 21.7. The van der Waals surface area contributed by atoms with Crippen LogP contribution < -0.4 is 0 Å². The summed E-state index contributed by atoms with van der Waals surface area (Å²) in [5.41, 5.74) is -0.363. The standard InChI is InChI=1S/C17H22F3NO/c1-5-11(2)10-21-7-6-14(22)9-16(21)17(13(4)19)15(20)8-12(3)18/h6-8,11,16H,4-5,9-10H2,1-3H3/b12-8+,17-15-. The van der Waals surface area contributed by atoms with E-state index in [1.54, 1.807) is 11.1 Å². The van der Waals surface area contributed by atoms with E-state index in [-0.39, 0.29) is 23.7 Å². The molecule has 22 heavy (non-hydrogen) atoms. The monoisotopic (exact) mass is 313 g/mol. The zero-order valence-electron chi connectivity index (χ0n) is 13.2. The van der Waals surface area contributed by atoms with Crippen LogP contribution >= 0.6 is 0 Å². The van der Waals surface area contributed by atoms with Crippen LogP contribution in [0, 0.1) is 5.92 Å². The summed E-state index contributed by atoms with van der Waals surface area (Å²) < 4.78 is 40.9. The van der Waals surface area contributed by atoms with Crippen LogP contribution in [-0.2, 0) is 4.79 Å². The van der Waals surface area contributed by atoms with Crippen molar-refractivity contribution in [2.24, 2.45) is 5.92 Å². The largest absolute Gasteiger partial charge is 0.369 e. The van der Waals surface area contributed by atoms with E-state index in [9.17, 15) is 18.0 Å². The summed E-state index contributed by atoms with van der Waals surface area (Å²) in [6, 6.07) is -0.806. The predicted octanol–water partition coefficient (Wildman–Crippen LogP) is 4.77. The Labute approximate surface area is 129 Å². The van der Waals surface area contributed by atoms with E-state index in [4.69, 9.17) is 0 Å². The third-order valence-corrected chi connectivity index (χ3v) is 3.67. The smallest absolute Gasteiger partial charge is 0.159 e. The second-order valence-electron chi connectivity index (χ2n) is 5.61. The zero-order chi connectivity index (χ0) is 16.9. The number of hydrogen-bond acceptors (Lipinski definition) is 2. The first-order valence-corrected chi connectivity index (χ1v) is 7.31. The predicted molar refractivity (Wildman–Crippen MR) is 82.0 cm³/mol. The Morgan fingerprint density at radius 1 is 1.50 bits per heavy atom. The molecule has 1 aliphatic rings. The Morgan fingerprint density at radius 2 is 2.14 bits per heavy atom. The van der Waals surface area contributed by atoms with Gasteiger partial charge in [0, 0.05) is 30.8 Å². The lowest BCUT2D eigenvalue weighted by Gasteiger charge is -2.35. The van der Waals surface area contributed by atoms with Crippen molar-refractivity contribution in [3.05, 3.63) is 48.0 Å². The van der Waals surface area contributed by atoms with Crippen LogP contribution in [0.4, 0.5) is 13.2 Å². The Morgan fingerprint density at radius 3 is 2.64 bits per heavy atom. The van der Waals surface area contributed by atoms with Crippen LogP contribution in [-0.4, -0.2) is 23.3 Å². The Kier molecular flexibility index (Phi) is 6.65. The van der Waals surface area contributed by atoms with Gasteiger partial charge in [-0.3, -0.25) is 4.79 Å². The minimum Gasteiger partial charge on any atom is -0.369 e. The van der Waals surface area contributed by atoms with E-state index >= 15 is 0 Å². The minimum absolute atomic E-state index is 0.0577. The highest BCUT2D eigenvalue weighted by Crippen LogP contribution is 2.30. The average Bonchev–Trinajstić information content (AvgIpc) is 2.40. The molecule has 0 amide bonds. The number of carbonyl (C=O) groups excluding carboxylic acids is 1. The van der Waals surface area contributed by atoms with Gasteiger partial charge in [-0.2, -0.15) is 0 Å². The van der Waals surface area contributed by atoms with Gasteiger partial charge in [-0.1, -0.05) is 26.8 Å². The molecular formula is C17H22F3NO. The number of allylic oxidation sites excluding steroid dienone is 4. The van der Waals surface area contributed by atoms with Gasteiger partial charge in [0.1, 0.15) is 11.7 Å². The Balaban J connectivity index is 3.24. The molecule has 0 aromatic heterocycles. The van der Waals surface area contributed by atoms with E-state index in [1.807, 2.05) is 13.8 Å². The molecule has 2 unspecified atom stereocenters. The molecule has 0 aromatic carbocycles. The van der Waals surface area contributed by atoms with Gasteiger partial charge in [0.05, 0.1) is 11.9 Å². The number of nitrogens with zero attached hydrogens (tertiary/aromatic N) is 1. The van der Waals surface area contributed by atoms with Gasteiger partial charge in [0.2, 0.25) is 0 Å². The van der Waals surface area contributed by atoms with Crippen molar-refractivity contribution in [1.82, 2.24) is 4.90 Å². The molecule has 0 radical (unpaired) electrons. The average molecular weight is 313 g/mol. The SMILES string of the molecule is C=C(F)/C(=C(F)\C=C(/C)F)C1CC(=O)C=CN1CC(C)CC. The highest BCUT2D eigenvalue weighted by molar-refractivity contribution is 5.91. The number of rotatable bonds is 6. The third-order valence-electron chi connectivity index (χ3n) is 3.67. The van der Waals surface area contributed by atoms with E-state index < -0.39 is 23.5 Å². The number of halogens is 3. The topological polar surface area (TPSA) is 20.3 Å². The van der Waals surface area contributed by atoms with E-state index in [2.05, 4.69) is 6.58 Å². The van der Waals surface area contributed by atoms with Gasteiger partial charge in [0.25, 0.3) is 0 Å². The van der Waals surface area contributed by atoms with Crippen LogP contribution in [0.1, 0.15) is 33.6 Å². The molecule has 0 N–H and O–H groups in total. The maximum absolute atomic E-state index is 14.2. The van der Waals surface area contributed by atoms with Crippen molar-refractivity contribution in [2.45, 2.75) is 39.7 Å². The fourth-order valence-corrected chi connectivity index (χ4v) is 2.33. The lowest BCUT2D eigenvalue weighted by Crippen LogP contribution is -2.40. The zero-order valence-corrected chi connectivity index (χ0v) is 13.2. The highest BCUT2D eigenvalue weighted by Gasteiger charge is 2.30. The first kappa shape index (κ1) is 18.3. The van der Waals surface area contributed by atoms with Gasteiger partial charge in [-0.15, -0.1) is 0 Å². The van der Waals surface area contributed by atoms with Crippen molar-refractivity contribution < 1.29 is 18.0 Å². The van der Waals surface area contributed by atoms with E-state index in [0.717, 1.165) is 13.3 Å². The molecule has 0 saturated heterocycles. The Hall–Kier alpha value is -1.78. The first-order chi connectivity index (χ1) is 10.3. The molecule has 1 heterocycles. The maximum Gasteiger partial charge on any atom is 0.159 e. The van der Waals surface area contributed by atoms with Crippen molar-refractivity contribution >= 4 is 5.78 Å². The second-order valence-corrected chi connectivity index (χ2v) is 5.61. The maximum atomic E-state index is 14.2. The minimum atomic E-state index is -1.03. The summed E-state index contributed by atoms with van der Waals surface area (Å²) >= 11 is 0. The van der Waals surface area contributed by atoms with Gasteiger partial charge < -0.3 is 4.90 Å². The van der Waals surface area contributed by atoms with Crippen molar-refractivity contribution in [3.8, 4) is 0 Å². The summed E-state index contributed by atoms with van der Waals surface area (Å²) in [6.45, 7) is 8.78. The molecule has 2 nitrogen and oxygen atoms in total. The molecule has 2 atom stereocenters. The summed E-state index contributed by atoms with van der Waals surface area (Å²) in [6.07, 6.45) is 4.39. The van der Waals surface area contributed by atoms with Crippen LogP contribution in [0.2, 0.25) is 0 Å². The number of carbonyl (C=O) groups is 1. The van der Waals surface area contributed by atoms with Gasteiger partial charge in [-0.05, 0) is 18.9 Å². The van der Waals surface area contributed by atoms with Crippen LogP contribution in [0.5, 0.6) is 0 Å². The van der Waals surface area contributed by atoms with Crippen LogP contribution in [0.25, 0.3) is 0 Å². The molecule has 1 rings (SSSR count). The van der Waals surface area contributed by atoms with Crippen molar-refractivity contribution in [3.63, 3.8) is 0 Å². The van der Waals surface area contributed by atoms with Crippen molar-refractivity contribution in [1.29, 1.82) is 0 Å². The fraction of sp³-hybridized carbons (Fsp3) is 0.471. The molecule has 0 aliphatic carbocycles. The van der Waals surface area contributed by atoms with Gasteiger partial charge >= 0.3 is 0 Å². The third kappa shape index (κ3) is 4.90. The van der Waals surface area contributed by atoms with Crippen LogP contribution in [0.15, 0.2) is 48.0 Å². The molecule has 122 valence electrons. The number of hydrogen-bond donors (Lipinski definition) is 0. The fourth-order valence-electron chi connectivity index (χ4n) is 2.33. The summed E-state index contributed by atoms with van der Waals surface area (Å²) in [5.74, 6) is -2.73. The molecule has 0 aromatic rings. The quantitative estimate of drug-likeness (QED) is 0.658. The summed E-state index contributed by atoms with van der Waals surface area (Å²) in [5, 5.41) is 0. The molecule has 0 fully saturated rings. The summed E-state index contributed by atoms with van der Waals surface area (Å²) in [4.78, 5) is 13.4. The Bertz CT molecular complexity index is 530. The van der Waals surface area contributed by atoms with Crippen molar-refractivity contribution in [2.75, 3.05) is 6.54 Å². The lowest BCUT2D eigenvalue weighted by molar-refractivity contribution is -0.116. The van der Waals surface area contributed by atoms with Gasteiger partial charge in [-0.25, -0.2) is 13.2 Å². The van der Waals surface area contributed by atoms with Crippen LogP contribution in [0.3, 0.4) is 0 Å². The number of ketones is 1. The van der Waals surface area contributed by atoms with E-state index in [0.29, 0.717) is 12.6 Å². The highest BCUT2D eigenvalue weighted by atomic mass is 19.1. The lowest BCUT2D eigenvalue weighted by atomic mass is 9.94. The van der Waals surface area contributed by atoms with Gasteiger partial charge in [0.15, 0.2) is 5.78 Å². The molecule has 0 spiro atoms. The second kappa shape index (κ2) is 8.01.